The minimum atomic E-state index is -0.570. The van der Waals surface area contributed by atoms with Crippen LogP contribution in [0, 0.1) is 0 Å². The lowest BCUT2D eigenvalue weighted by Crippen LogP contribution is -2.28. The van der Waals surface area contributed by atoms with Crippen molar-refractivity contribution >= 4 is 38.6 Å². The Balaban J connectivity index is 1.11. The molecule has 70 heavy (non-hydrogen) atoms. The molecule has 0 saturated heterocycles. The molecule has 0 amide bonds. The summed E-state index contributed by atoms with van der Waals surface area (Å²) in [5.41, 5.74) is 25.9. The SMILES string of the molecule is c1ccc(-c2ccc(N(c3cccc4c3C3(c5ccccc5-c5ccccc53)c3ccccc3-4)c3c4c(cc5ccccc35)-c3c-4c(-c4ccccc4)c4ccccc4c3-c3ccccc3)cc2)cc1. The minimum absolute atomic E-state index is 0.570. The van der Waals surface area contributed by atoms with Crippen LogP contribution in [0.1, 0.15) is 22.3 Å². The fourth-order valence-electron chi connectivity index (χ4n) is 12.9. The summed E-state index contributed by atoms with van der Waals surface area (Å²) in [5.74, 6) is 0. The van der Waals surface area contributed by atoms with Gasteiger partial charge in [0, 0.05) is 27.8 Å². The van der Waals surface area contributed by atoms with Crippen LogP contribution in [0.3, 0.4) is 0 Å². The molecule has 0 aliphatic heterocycles. The van der Waals surface area contributed by atoms with E-state index in [-0.39, 0.29) is 0 Å². The van der Waals surface area contributed by atoms with Crippen LogP contribution in [-0.4, -0.2) is 0 Å². The fourth-order valence-corrected chi connectivity index (χ4v) is 12.9. The monoisotopic (exact) mass is 885 g/mol. The van der Waals surface area contributed by atoms with Crippen LogP contribution >= 0.6 is 0 Å². The van der Waals surface area contributed by atoms with Crippen molar-refractivity contribution in [3.63, 3.8) is 0 Å². The van der Waals surface area contributed by atoms with Crippen LogP contribution in [0.25, 0.3) is 99.4 Å². The standard InChI is InChI=1S/C69H43N/c1-4-21-44(22-5-1)45-39-41-49(42-40-45)70(61-38-20-34-56-53-31-16-19-37-60(53)69(67(56)61)58-35-17-14-29-51(58)52-30-15-18-36-59(52)69)68-50-28-11-10-27-48(50)43-57-64-62(46-23-6-2-7-24-46)54-32-12-13-33-55(54)63(66(64)65(57)68)47-25-8-3-9-26-47/h1-43H. The molecule has 0 saturated carbocycles. The molecule has 12 aromatic carbocycles. The van der Waals surface area contributed by atoms with E-state index >= 15 is 0 Å². The van der Waals surface area contributed by atoms with Gasteiger partial charge in [0.2, 0.25) is 0 Å². The predicted octanol–water partition coefficient (Wildman–Crippen LogP) is 18.5. The van der Waals surface area contributed by atoms with Crippen LogP contribution in [0.2, 0.25) is 0 Å². The Morgan fingerprint density at radius 1 is 0.271 bits per heavy atom. The second-order valence-electron chi connectivity index (χ2n) is 19.0. The topological polar surface area (TPSA) is 3.24 Å². The molecule has 1 heteroatoms. The summed E-state index contributed by atoms with van der Waals surface area (Å²) in [6.07, 6.45) is 0. The minimum Gasteiger partial charge on any atom is -0.309 e. The van der Waals surface area contributed by atoms with E-state index in [0.717, 1.165) is 5.69 Å². The van der Waals surface area contributed by atoms with E-state index in [2.05, 4.69) is 266 Å². The van der Waals surface area contributed by atoms with Crippen LogP contribution < -0.4 is 4.90 Å². The van der Waals surface area contributed by atoms with Crippen molar-refractivity contribution < 1.29 is 0 Å². The quantitative estimate of drug-likeness (QED) is 0.161. The van der Waals surface area contributed by atoms with Crippen molar-refractivity contribution in [2.24, 2.45) is 0 Å². The molecule has 12 aromatic rings. The summed E-state index contributed by atoms with van der Waals surface area (Å²) in [7, 11) is 0. The first kappa shape index (κ1) is 39.0. The lowest BCUT2D eigenvalue weighted by atomic mass is 9.68. The zero-order chi connectivity index (χ0) is 45.9. The van der Waals surface area contributed by atoms with E-state index in [1.807, 2.05) is 0 Å². The Hall–Kier alpha value is -9.04. The van der Waals surface area contributed by atoms with Gasteiger partial charge < -0.3 is 4.90 Å². The second kappa shape index (κ2) is 15.0. The highest BCUT2D eigenvalue weighted by Crippen LogP contribution is 2.68. The molecule has 0 unspecified atom stereocenters. The van der Waals surface area contributed by atoms with Crippen molar-refractivity contribution in [1.29, 1.82) is 0 Å². The molecule has 0 atom stereocenters. The number of nitrogens with zero attached hydrogens (tertiary/aromatic N) is 1. The van der Waals surface area contributed by atoms with Gasteiger partial charge in [-0.25, -0.2) is 0 Å². The van der Waals surface area contributed by atoms with Gasteiger partial charge in [-0.2, -0.15) is 0 Å². The lowest BCUT2D eigenvalue weighted by molar-refractivity contribution is 0.793. The Kier molecular flexibility index (Phi) is 8.35. The third-order valence-electron chi connectivity index (χ3n) is 15.6. The van der Waals surface area contributed by atoms with Gasteiger partial charge in [-0.1, -0.05) is 237 Å². The maximum atomic E-state index is 2.65. The van der Waals surface area contributed by atoms with Crippen molar-refractivity contribution in [3.8, 4) is 77.9 Å². The molecule has 324 valence electrons. The molecule has 1 nitrogen and oxygen atoms in total. The Morgan fingerprint density at radius 3 is 1.30 bits per heavy atom. The molecular formula is C69H43N. The maximum Gasteiger partial charge on any atom is 0.0746 e. The van der Waals surface area contributed by atoms with Crippen LogP contribution in [0.15, 0.2) is 261 Å². The number of anilines is 3. The molecule has 15 rings (SSSR count). The van der Waals surface area contributed by atoms with E-state index < -0.39 is 5.41 Å². The van der Waals surface area contributed by atoms with Gasteiger partial charge in [-0.3, -0.25) is 0 Å². The van der Waals surface area contributed by atoms with Gasteiger partial charge >= 0.3 is 0 Å². The zero-order valence-corrected chi connectivity index (χ0v) is 38.3. The summed E-state index contributed by atoms with van der Waals surface area (Å²) in [4.78, 5) is 2.65. The summed E-state index contributed by atoms with van der Waals surface area (Å²) in [5, 5.41) is 4.94. The van der Waals surface area contributed by atoms with Crippen LogP contribution in [-0.2, 0) is 5.41 Å². The van der Waals surface area contributed by atoms with Crippen molar-refractivity contribution in [1.82, 2.24) is 0 Å². The molecule has 0 N–H and O–H groups in total. The number of benzene rings is 12. The third kappa shape index (κ3) is 5.26. The molecule has 0 radical (unpaired) electrons. The van der Waals surface area contributed by atoms with E-state index in [1.165, 1.54) is 133 Å². The van der Waals surface area contributed by atoms with Crippen LogP contribution in [0.5, 0.6) is 0 Å². The maximum absolute atomic E-state index is 2.65. The molecule has 0 bridgehead atoms. The largest absolute Gasteiger partial charge is 0.309 e. The smallest absolute Gasteiger partial charge is 0.0746 e. The van der Waals surface area contributed by atoms with Gasteiger partial charge in [0.25, 0.3) is 0 Å². The second-order valence-corrected chi connectivity index (χ2v) is 19.0. The molecule has 3 aliphatic rings. The summed E-state index contributed by atoms with van der Waals surface area (Å²) < 4.78 is 0. The molecule has 0 fully saturated rings. The number of fused-ring (bicyclic) bond motifs is 16. The average molecular weight is 886 g/mol. The van der Waals surface area contributed by atoms with Gasteiger partial charge in [-0.05, 0) is 124 Å². The predicted molar refractivity (Wildman–Crippen MR) is 293 cm³/mol. The van der Waals surface area contributed by atoms with Gasteiger partial charge in [0.1, 0.15) is 0 Å². The highest BCUT2D eigenvalue weighted by Gasteiger charge is 2.53. The third-order valence-corrected chi connectivity index (χ3v) is 15.6. The highest BCUT2D eigenvalue weighted by molar-refractivity contribution is 6.30. The first-order valence-corrected chi connectivity index (χ1v) is 24.4. The highest BCUT2D eigenvalue weighted by atomic mass is 15.2. The van der Waals surface area contributed by atoms with E-state index in [1.54, 1.807) is 0 Å². The van der Waals surface area contributed by atoms with Gasteiger partial charge in [0.05, 0.1) is 16.8 Å². The van der Waals surface area contributed by atoms with Crippen molar-refractivity contribution in [2.45, 2.75) is 5.41 Å². The first-order chi connectivity index (χ1) is 34.8. The van der Waals surface area contributed by atoms with E-state index in [9.17, 15) is 0 Å². The molecule has 3 aliphatic carbocycles. The lowest BCUT2D eigenvalue weighted by Gasteiger charge is -2.40. The normalized spacial score (nSPS) is 13.0. The number of hydrogen-bond acceptors (Lipinski definition) is 1. The fraction of sp³-hybridized carbons (Fsp3) is 0.0145. The Bertz CT molecular complexity index is 4030. The van der Waals surface area contributed by atoms with Crippen LogP contribution in [0.4, 0.5) is 17.1 Å². The molecule has 0 heterocycles. The zero-order valence-electron chi connectivity index (χ0n) is 38.3. The summed E-state index contributed by atoms with van der Waals surface area (Å²) in [6, 6.07) is 97.4. The van der Waals surface area contributed by atoms with E-state index in [0.29, 0.717) is 0 Å². The molecule has 0 aromatic heterocycles. The number of hydrogen-bond donors (Lipinski definition) is 0. The number of rotatable bonds is 6. The summed E-state index contributed by atoms with van der Waals surface area (Å²) in [6.45, 7) is 0. The van der Waals surface area contributed by atoms with Gasteiger partial charge in [-0.15, -0.1) is 0 Å². The first-order valence-electron chi connectivity index (χ1n) is 24.4. The van der Waals surface area contributed by atoms with Crippen molar-refractivity contribution in [2.75, 3.05) is 4.90 Å². The Labute approximate surface area is 407 Å². The summed E-state index contributed by atoms with van der Waals surface area (Å²) >= 11 is 0. The molecule has 1 spiro atoms. The van der Waals surface area contributed by atoms with Crippen molar-refractivity contribution in [3.05, 3.63) is 283 Å². The van der Waals surface area contributed by atoms with Gasteiger partial charge in [0.15, 0.2) is 0 Å². The Morgan fingerprint density at radius 2 is 0.714 bits per heavy atom. The molecular weight excluding hydrogens is 843 g/mol. The van der Waals surface area contributed by atoms with E-state index in [4.69, 9.17) is 0 Å². The average Bonchev–Trinajstić information content (AvgIpc) is 3.92.